The van der Waals surface area contributed by atoms with Gasteiger partial charge in [-0.05, 0) is 18.8 Å². The Bertz CT molecular complexity index is 128. The Labute approximate surface area is 93.9 Å². The average Bonchev–Trinajstić information content (AvgIpc) is 1.84. The Morgan fingerprint density at radius 3 is 1.83 bits per heavy atom. The Hall–Kier alpha value is 0.392. The predicted molar refractivity (Wildman–Crippen MR) is 46.6 cm³/mol. The molecule has 0 aromatic carbocycles. The van der Waals surface area contributed by atoms with Crippen LogP contribution in [-0.4, -0.2) is 33.3 Å². The smallest absolute Gasteiger partial charge is 0.550 e. The molecule has 0 saturated heterocycles. The van der Waals surface area contributed by atoms with Crippen molar-refractivity contribution in [2.24, 2.45) is 5.92 Å². The van der Waals surface area contributed by atoms with Gasteiger partial charge < -0.3 is 9.90 Å². The van der Waals surface area contributed by atoms with E-state index in [9.17, 15) is 9.90 Å². The van der Waals surface area contributed by atoms with Crippen LogP contribution in [-0.2, 0) is 4.79 Å². The molecule has 0 aliphatic heterocycles. The Morgan fingerprint density at radius 2 is 1.42 bits per heavy atom. The van der Waals surface area contributed by atoms with Crippen molar-refractivity contribution in [1.82, 2.24) is 0 Å². The van der Waals surface area contributed by atoms with Gasteiger partial charge in [-0.2, -0.15) is 0 Å². The van der Waals surface area contributed by atoms with Gasteiger partial charge in [-0.1, -0.05) is 32.1 Å². The van der Waals surface area contributed by atoms with E-state index in [0.29, 0.717) is 0 Å². The maximum atomic E-state index is 10.5. The minimum Gasteiger partial charge on any atom is -0.550 e. The molecule has 0 aromatic rings. The molecular weight excluding hydrogens is 344 g/mol. The second kappa shape index (κ2) is 6.86. The van der Waals surface area contributed by atoms with Gasteiger partial charge in [-0.15, -0.1) is 0 Å². The number of carbonyl (C=O) groups is 1. The van der Waals surface area contributed by atoms with Crippen LogP contribution in [0.5, 0.6) is 0 Å². The fourth-order valence-electron chi connectivity index (χ4n) is 1.69. The largest absolute Gasteiger partial charge is 1.00 e. The molecule has 0 bridgehead atoms. The van der Waals surface area contributed by atoms with E-state index >= 15 is 0 Å². The zero-order valence-electron chi connectivity index (χ0n) is 7.42. The van der Waals surface area contributed by atoms with E-state index in [1.807, 2.05) is 0 Å². The molecule has 12 heavy (non-hydrogen) atoms. The van der Waals surface area contributed by atoms with Crippen LogP contribution >= 0.6 is 0 Å². The van der Waals surface area contributed by atoms with Gasteiger partial charge >= 0.3 is 27.3 Å². The molecular formula is C9H15O2Tl. The molecule has 66 valence electrons. The van der Waals surface area contributed by atoms with E-state index in [4.69, 9.17) is 0 Å². The molecule has 1 aliphatic rings. The first-order chi connectivity index (χ1) is 5.30. The van der Waals surface area contributed by atoms with Gasteiger partial charge in [0, 0.05) is 5.97 Å². The molecule has 0 N–H and O–H groups in total. The number of carboxylic acid groups (broad SMARTS) is 1. The molecule has 1 aliphatic carbocycles. The zero-order valence-corrected chi connectivity index (χ0v) is 11.9. The van der Waals surface area contributed by atoms with E-state index in [1.54, 1.807) is 0 Å². The number of carbonyl (C=O) groups excluding carboxylic acids is 1. The van der Waals surface area contributed by atoms with Crippen LogP contribution < -0.4 is 5.11 Å². The first kappa shape index (κ1) is 12.4. The average molecular weight is 360 g/mol. The molecule has 0 radical (unpaired) electrons. The minimum absolute atomic E-state index is 0. The molecule has 0 atom stereocenters. The molecule has 1 rings (SSSR count). The zero-order chi connectivity index (χ0) is 8.10. The Morgan fingerprint density at radius 1 is 1.00 bits per heavy atom. The molecule has 0 heterocycles. The third-order valence-electron chi connectivity index (χ3n) is 2.44. The summed E-state index contributed by atoms with van der Waals surface area (Å²) in [7, 11) is 0. The van der Waals surface area contributed by atoms with Crippen molar-refractivity contribution in [1.29, 1.82) is 0 Å². The third kappa shape index (κ3) is 4.43. The Kier molecular flexibility index (Phi) is 7.08. The predicted octanol–water partition coefficient (Wildman–Crippen LogP) is 0.716. The molecule has 0 aromatic heterocycles. The van der Waals surface area contributed by atoms with E-state index in [-0.39, 0.29) is 33.2 Å². The van der Waals surface area contributed by atoms with Crippen molar-refractivity contribution in [3.05, 3.63) is 0 Å². The van der Waals surface area contributed by atoms with Crippen LogP contribution in [0.15, 0.2) is 0 Å². The van der Waals surface area contributed by atoms with Crippen LogP contribution in [0, 0.1) is 5.92 Å². The normalized spacial score (nSPS) is 20.3. The molecule has 2 nitrogen and oxygen atoms in total. The van der Waals surface area contributed by atoms with Crippen LogP contribution in [0.4, 0.5) is 0 Å². The second-order valence-corrected chi connectivity index (χ2v) is 3.36. The van der Waals surface area contributed by atoms with Crippen molar-refractivity contribution in [3.63, 3.8) is 0 Å². The van der Waals surface area contributed by atoms with Gasteiger partial charge in [0.15, 0.2) is 0 Å². The standard InChI is InChI=1S/C9H16O2.Tl/c10-9(11)8-6-4-2-1-3-5-7-8;/h8H,1-7H2,(H,10,11);/q;+1/p-1. The Balaban J connectivity index is 0.00000121. The maximum absolute atomic E-state index is 10.5. The van der Waals surface area contributed by atoms with Crippen LogP contribution in [0.25, 0.3) is 0 Å². The summed E-state index contributed by atoms with van der Waals surface area (Å²) in [6, 6.07) is 0. The first-order valence-electron chi connectivity index (χ1n) is 4.51. The number of hydrogen-bond acceptors (Lipinski definition) is 2. The molecule has 0 spiro atoms. The molecule has 1 fully saturated rings. The summed E-state index contributed by atoms with van der Waals surface area (Å²) in [5, 5.41) is 10.5. The van der Waals surface area contributed by atoms with Gasteiger partial charge in [0.1, 0.15) is 0 Å². The fraction of sp³-hybridized carbons (Fsp3) is 0.889. The topological polar surface area (TPSA) is 40.1 Å². The number of hydrogen-bond donors (Lipinski definition) is 0. The number of carboxylic acids is 1. The monoisotopic (exact) mass is 360 g/mol. The maximum Gasteiger partial charge on any atom is 1.00 e. The van der Waals surface area contributed by atoms with E-state index in [1.165, 1.54) is 19.3 Å². The van der Waals surface area contributed by atoms with Gasteiger partial charge in [0.05, 0.1) is 0 Å². The SMILES string of the molecule is O=C([O-])C1CCCCCCC1.[Tl+]. The fourth-order valence-corrected chi connectivity index (χ4v) is 1.69. The third-order valence-corrected chi connectivity index (χ3v) is 2.44. The molecule has 0 amide bonds. The summed E-state index contributed by atoms with van der Waals surface area (Å²) in [6.07, 6.45) is 7.48. The summed E-state index contributed by atoms with van der Waals surface area (Å²) in [5.41, 5.74) is 0. The van der Waals surface area contributed by atoms with Crippen LogP contribution in [0.2, 0.25) is 0 Å². The molecule has 3 heteroatoms. The van der Waals surface area contributed by atoms with Crippen molar-refractivity contribution < 1.29 is 9.90 Å². The summed E-state index contributed by atoms with van der Waals surface area (Å²) < 4.78 is 0. The quantitative estimate of drug-likeness (QED) is 0.647. The summed E-state index contributed by atoms with van der Waals surface area (Å²) in [5.74, 6) is -0.998. The van der Waals surface area contributed by atoms with E-state index < -0.39 is 5.97 Å². The molecule has 0 unspecified atom stereocenters. The van der Waals surface area contributed by atoms with Gasteiger partial charge in [0.2, 0.25) is 0 Å². The summed E-state index contributed by atoms with van der Waals surface area (Å²) >= 11 is 0. The first-order valence-corrected chi connectivity index (χ1v) is 4.51. The van der Waals surface area contributed by atoms with Crippen molar-refractivity contribution in [2.45, 2.75) is 44.9 Å². The van der Waals surface area contributed by atoms with E-state index in [2.05, 4.69) is 0 Å². The second-order valence-electron chi connectivity index (χ2n) is 3.36. The molecule has 1 saturated carbocycles. The summed E-state index contributed by atoms with van der Waals surface area (Å²) in [4.78, 5) is 10.5. The van der Waals surface area contributed by atoms with Crippen molar-refractivity contribution in [2.75, 3.05) is 0 Å². The van der Waals surface area contributed by atoms with Gasteiger partial charge in [-0.3, -0.25) is 0 Å². The minimum atomic E-state index is -0.841. The van der Waals surface area contributed by atoms with Crippen molar-refractivity contribution in [3.8, 4) is 0 Å². The van der Waals surface area contributed by atoms with Gasteiger partial charge in [-0.25, -0.2) is 0 Å². The number of aliphatic carboxylic acids is 1. The summed E-state index contributed by atoms with van der Waals surface area (Å²) in [6.45, 7) is 0. The van der Waals surface area contributed by atoms with Crippen molar-refractivity contribution >= 4 is 33.3 Å². The van der Waals surface area contributed by atoms with E-state index in [0.717, 1.165) is 25.7 Å². The van der Waals surface area contributed by atoms with Crippen LogP contribution in [0.1, 0.15) is 44.9 Å². The van der Waals surface area contributed by atoms with Gasteiger partial charge in [0.25, 0.3) is 0 Å². The van der Waals surface area contributed by atoms with Crippen LogP contribution in [0.3, 0.4) is 0 Å². The number of rotatable bonds is 1.